The Hall–Kier alpha value is -1.12. The van der Waals surface area contributed by atoms with E-state index < -0.39 is 0 Å². The van der Waals surface area contributed by atoms with Gasteiger partial charge < -0.3 is 5.11 Å². The summed E-state index contributed by atoms with van der Waals surface area (Å²) in [4.78, 5) is 13.3. The highest BCUT2D eigenvalue weighted by Gasteiger charge is 1.83. The lowest BCUT2D eigenvalue weighted by Gasteiger charge is -1.79. The first-order chi connectivity index (χ1) is 3.85. The number of hydrogen-bond donors (Lipinski definition) is 1. The number of aliphatic imine (C=N–C) groups is 1. The predicted molar refractivity (Wildman–Crippen MR) is 31.2 cm³/mol. The molecule has 1 N–H and O–H groups in total. The lowest BCUT2D eigenvalue weighted by molar-refractivity contribution is -0.104. The normalized spacial score (nSPS) is 12.4. The number of aliphatic hydroxyl groups excluding tert-OH is 1. The Labute approximate surface area is 47.4 Å². The van der Waals surface area contributed by atoms with E-state index in [-0.39, 0.29) is 5.57 Å². The molecule has 3 heteroatoms. The molecule has 0 saturated heterocycles. The van der Waals surface area contributed by atoms with Crippen molar-refractivity contribution in [1.82, 2.24) is 0 Å². The summed E-state index contributed by atoms with van der Waals surface area (Å²) < 4.78 is 0. The summed E-state index contributed by atoms with van der Waals surface area (Å²) >= 11 is 0. The fourth-order valence-electron chi connectivity index (χ4n) is 0.243. The predicted octanol–water partition coefficient (Wildman–Crippen LogP) is 0.328. The van der Waals surface area contributed by atoms with E-state index in [1.54, 1.807) is 0 Å². The van der Waals surface area contributed by atoms with Crippen LogP contribution in [0.1, 0.15) is 0 Å². The highest BCUT2D eigenvalue weighted by Crippen LogP contribution is 1.78. The van der Waals surface area contributed by atoms with Gasteiger partial charge in [-0.3, -0.25) is 9.79 Å². The van der Waals surface area contributed by atoms with Gasteiger partial charge in [0.25, 0.3) is 0 Å². The van der Waals surface area contributed by atoms with Crippen LogP contribution in [0.15, 0.2) is 16.8 Å². The summed E-state index contributed by atoms with van der Waals surface area (Å²) in [6.45, 7) is 0. The van der Waals surface area contributed by atoms with Crippen LogP contribution < -0.4 is 0 Å². The highest BCUT2D eigenvalue weighted by atomic mass is 16.2. The van der Waals surface area contributed by atoms with Gasteiger partial charge in [-0.25, -0.2) is 0 Å². The van der Waals surface area contributed by atoms with Gasteiger partial charge in [-0.15, -0.1) is 0 Å². The number of aliphatic hydroxyl groups is 1. The molecule has 3 nitrogen and oxygen atoms in total. The van der Waals surface area contributed by atoms with Crippen molar-refractivity contribution in [3.8, 4) is 0 Å². The van der Waals surface area contributed by atoms with Crippen LogP contribution in [0.3, 0.4) is 0 Å². The zero-order valence-corrected chi connectivity index (χ0v) is 4.53. The Kier molecular flexibility index (Phi) is 3.48. The van der Waals surface area contributed by atoms with Gasteiger partial charge in [-0.2, -0.15) is 0 Å². The van der Waals surface area contributed by atoms with Crippen LogP contribution in [-0.2, 0) is 4.79 Å². The van der Waals surface area contributed by atoms with E-state index >= 15 is 0 Å². The van der Waals surface area contributed by atoms with Gasteiger partial charge in [-0.1, -0.05) is 0 Å². The number of hydrogen-bond acceptors (Lipinski definition) is 3. The first-order valence-electron chi connectivity index (χ1n) is 2.07. The maximum Gasteiger partial charge on any atom is 0.154 e. The summed E-state index contributed by atoms with van der Waals surface area (Å²) in [5.41, 5.74) is 0.174. The van der Waals surface area contributed by atoms with Crippen LogP contribution in [0.4, 0.5) is 0 Å². The molecule has 0 unspecified atom stereocenters. The second kappa shape index (κ2) is 4.05. The lowest BCUT2D eigenvalue weighted by atomic mass is 10.4. The molecule has 0 aromatic rings. The standard InChI is InChI=1S/C5H7NO2/c1-6-2-5(3-7)4-8/h2-4,7H,1H3. The summed E-state index contributed by atoms with van der Waals surface area (Å²) in [5.74, 6) is 0. The van der Waals surface area contributed by atoms with Crippen LogP contribution in [0.2, 0.25) is 0 Å². The summed E-state index contributed by atoms with van der Waals surface area (Å²) in [6.07, 6.45) is 2.50. The number of carbonyl (C=O) groups excluding carboxylic acids is 1. The van der Waals surface area contributed by atoms with Gasteiger partial charge in [0.2, 0.25) is 0 Å². The molecule has 0 fully saturated rings. The summed E-state index contributed by atoms with van der Waals surface area (Å²) in [7, 11) is 1.52. The molecule has 0 heterocycles. The largest absolute Gasteiger partial charge is 0.515 e. The smallest absolute Gasteiger partial charge is 0.154 e. The van der Waals surface area contributed by atoms with Crippen molar-refractivity contribution in [1.29, 1.82) is 0 Å². The van der Waals surface area contributed by atoms with Crippen molar-refractivity contribution in [3.63, 3.8) is 0 Å². The molecule has 0 aromatic carbocycles. The van der Waals surface area contributed by atoms with Crippen molar-refractivity contribution >= 4 is 12.5 Å². The van der Waals surface area contributed by atoms with Crippen LogP contribution in [0, 0.1) is 0 Å². The van der Waals surface area contributed by atoms with E-state index in [1.807, 2.05) is 0 Å². The summed E-state index contributed by atoms with van der Waals surface area (Å²) in [5, 5.41) is 8.17. The molecular formula is C5H7NO2. The molecule has 0 rings (SSSR count). The Morgan fingerprint density at radius 3 is 2.50 bits per heavy atom. The van der Waals surface area contributed by atoms with Crippen molar-refractivity contribution in [3.05, 3.63) is 11.8 Å². The van der Waals surface area contributed by atoms with E-state index in [9.17, 15) is 4.79 Å². The fraction of sp³-hybridized carbons (Fsp3) is 0.200. The maximum absolute atomic E-state index is 9.81. The first-order valence-corrected chi connectivity index (χ1v) is 2.07. The lowest BCUT2D eigenvalue weighted by Crippen LogP contribution is -1.84. The molecule has 0 aliphatic rings. The van der Waals surface area contributed by atoms with Gasteiger partial charge in [0, 0.05) is 13.3 Å². The van der Waals surface area contributed by atoms with Gasteiger partial charge in [0.15, 0.2) is 6.29 Å². The number of aldehydes is 1. The third kappa shape index (κ3) is 2.12. The van der Waals surface area contributed by atoms with Crippen molar-refractivity contribution in [2.45, 2.75) is 0 Å². The van der Waals surface area contributed by atoms with Gasteiger partial charge in [-0.05, 0) is 0 Å². The number of rotatable bonds is 2. The second-order valence-electron chi connectivity index (χ2n) is 1.13. The molecule has 0 atom stereocenters. The molecule has 0 saturated carbocycles. The molecule has 0 spiro atoms. The molecule has 0 amide bonds. The van der Waals surface area contributed by atoms with Crippen LogP contribution in [0.25, 0.3) is 0 Å². The zero-order chi connectivity index (χ0) is 6.41. The quantitative estimate of drug-likeness (QED) is 0.243. The number of nitrogens with zero attached hydrogens (tertiary/aromatic N) is 1. The minimum atomic E-state index is 0.174. The van der Waals surface area contributed by atoms with Crippen LogP contribution in [0.5, 0.6) is 0 Å². The molecule has 0 aliphatic heterocycles. The Bertz CT molecular complexity index is 126. The van der Waals surface area contributed by atoms with E-state index in [1.165, 1.54) is 13.3 Å². The second-order valence-corrected chi connectivity index (χ2v) is 1.13. The van der Waals surface area contributed by atoms with Gasteiger partial charge in [0.1, 0.15) is 0 Å². The highest BCUT2D eigenvalue weighted by molar-refractivity contribution is 6.01. The average Bonchev–Trinajstić information content (AvgIpc) is 1.83. The van der Waals surface area contributed by atoms with Gasteiger partial charge >= 0.3 is 0 Å². The SMILES string of the molecule is CN=CC(C=O)=CO. The monoisotopic (exact) mass is 113 g/mol. The van der Waals surface area contributed by atoms with Crippen LogP contribution >= 0.6 is 0 Å². The molecule has 0 radical (unpaired) electrons. The third-order valence-corrected chi connectivity index (χ3v) is 0.563. The average molecular weight is 113 g/mol. The Morgan fingerprint density at radius 1 is 1.75 bits per heavy atom. The first kappa shape index (κ1) is 6.88. The molecule has 44 valence electrons. The van der Waals surface area contributed by atoms with Gasteiger partial charge in [0.05, 0.1) is 11.8 Å². The van der Waals surface area contributed by atoms with E-state index in [0.29, 0.717) is 12.5 Å². The van der Waals surface area contributed by atoms with E-state index in [2.05, 4.69) is 4.99 Å². The Morgan fingerprint density at radius 2 is 2.38 bits per heavy atom. The van der Waals surface area contributed by atoms with Crippen molar-refractivity contribution in [2.75, 3.05) is 7.05 Å². The number of carbonyl (C=O) groups is 1. The zero-order valence-electron chi connectivity index (χ0n) is 4.53. The van der Waals surface area contributed by atoms with Crippen LogP contribution in [-0.4, -0.2) is 24.7 Å². The van der Waals surface area contributed by atoms with E-state index in [0.717, 1.165) is 0 Å². The fourth-order valence-corrected chi connectivity index (χ4v) is 0.243. The minimum absolute atomic E-state index is 0.174. The molecule has 0 aliphatic carbocycles. The molecular weight excluding hydrogens is 106 g/mol. The van der Waals surface area contributed by atoms with Crippen molar-refractivity contribution in [2.24, 2.45) is 4.99 Å². The molecule has 8 heavy (non-hydrogen) atoms. The molecule has 0 aromatic heterocycles. The molecule has 0 bridgehead atoms. The maximum atomic E-state index is 9.81. The van der Waals surface area contributed by atoms with Crippen molar-refractivity contribution < 1.29 is 9.90 Å². The Balaban J connectivity index is 3.91. The topological polar surface area (TPSA) is 49.7 Å². The number of allylic oxidation sites excluding steroid dienone is 1. The van der Waals surface area contributed by atoms with E-state index in [4.69, 9.17) is 5.11 Å². The minimum Gasteiger partial charge on any atom is -0.515 e. The third-order valence-electron chi connectivity index (χ3n) is 0.563. The summed E-state index contributed by atoms with van der Waals surface area (Å²) in [6, 6.07) is 0.